The lowest BCUT2D eigenvalue weighted by Gasteiger charge is -2.19. The number of carbonyl (C=O) groups is 1. The summed E-state index contributed by atoms with van der Waals surface area (Å²) in [6, 6.07) is 7.54. The van der Waals surface area contributed by atoms with Crippen molar-refractivity contribution in [3.05, 3.63) is 57.3 Å². The van der Waals surface area contributed by atoms with Crippen molar-refractivity contribution in [1.82, 2.24) is 24.5 Å². The number of nitrogens with zero attached hydrogens (tertiary/aromatic N) is 5. The van der Waals surface area contributed by atoms with Gasteiger partial charge in [0.05, 0.1) is 28.5 Å². The Labute approximate surface area is 155 Å². The fraction of sp³-hybridized carbons (Fsp3) is 0.389. The van der Waals surface area contributed by atoms with Crippen molar-refractivity contribution < 1.29 is 9.90 Å². The normalized spacial score (nSPS) is 15.6. The first-order valence-electron chi connectivity index (χ1n) is 8.61. The van der Waals surface area contributed by atoms with E-state index in [1.54, 1.807) is 24.0 Å². The Hall–Kier alpha value is -2.45. The summed E-state index contributed by atoms with van der Waals surface area (Å²) < 4.78 is 3.55. The molecule has 0 fully saturated rings. The van der Waals surface area contributed by atoms with Crippen LogP contribution in [0.25, 0.3) is 0 Å². The summed E-state index contributed by atoms with van der Waals surface area (Å²) in [5.74, 6) is 0.0616. The molecule has 0 aliphatic carbocycles. The van der Waals surface area contributed by atoms with E-state index < -0.39 is 6.10 Å². The molecule has 1 N–H and O–H groups in total. The minimum Gasteiger partial charge on any atom is -0.380 e. The second-order valence-corrected chi connectivity index (χ2v) is 7.84. The molecule has 0 saturated carbocycles. The molecule has 0 saturated heterocycles. The summed E-state index contributed by atoms with van der Waals surface area (Å²) in [5, 5.41) is 19.3. The second kappa shape index (κ2) is 6.69. The average molecular weight is 371 g/mol. The van der Waals surface area contributed by atoms with E-state index in [0.29, 0.717) is 24.5 Å². The van der Waals surface area contributed by atoms with Crippen LogP contribution >= 0.6 is 11.3 Å². The monoisotopic (exact) mass is 371 g/mol. The number of aliphatic hydroxyl groups excluding tert-OH is 1. The number of aromatic nitrogens is 4. The van der Waals surface area contributed by atoms with E-state index in [2.05, 4.69) is 10.2 Å². The van der Waals surface area contributed by atoms with Crippen LogP contribution in [-0.2, 0) is 20.1 Å². The average Bonchev–Trinajstić information content (AvgIpc) is 3.31. The van der Waals surface area contributed by atoms with E-state index in [1.807, 2.05) is 34.7 Å². The molecule has 7 nitrogen and oxygen atoms in total. The predicted molar refractivity (Wildman–Crippen MR) is 97.9 cm³/mol. The topological polar surface area (TPSA) is 76.2 Å². The van der Waals surface area contributed by atoms with E-state index >= 15 is 0 Å². The largest absolute Gasteiger partial charge is 0.380 e. The zero-order chi connectivity index (χ0) is 18.3. The first-order valence-corrected chi connectivity index (χ1v) is 9.43. The van der Waals surface area contributed by atoms with Crippen molar-refractivity contribution >= 4 is 17.2 Å². The Bertz CT molecular complexity index is 941. The zero-order valence-electron chi connectivity index (χ0n) is 14.8. The molecule has 3 aromatic rings. The van der Waals surface area contributed by atoms with E-state index in [1.165, 1.54) is 11.3 Å². The molecule has 1 atom stereocenters. The smallest absolute Gasteiger partial charge is 0.264 e. The van der Waals surface area contributed by atoms with Crippen molar-refractivity contribution in [2.45, 2.75) is 32.5 Å². The summed E-state index contributed by atoms with van der Waals surface area (Å²) in [6.07, 6.45) is 1.67. The van der Waals surface area contributed by atoms with Crippen LogP contribution < -0.4 is 0 Å². The third-order valence-electron chi connectivity index (χ3n) is 4.69. The van der Waals surface area contributed by atoms with Crippen LogP contribution in [-0.4, -0.2) is 42.0 Å². The highest BCUT2D eigenvalue weighted by molar-refractivity contribution is 7.13. The lowest BCUT2D eigenvalue weighted by atomic mass is 10.2. The van der Waals surface area contributed by atoms with E-state index in [-0.39, 0.29) is 5.91 Å². The van der Waals surface area contributed by atoms with Crippen molar-refractivity contribution in [1.29, 1.82) is 0 Å². The maximum absolute atomic E-state index is 12.8. The van der Waals surface area contributed by atoms with E-state index in [9.17, 15) is 9.90 Å². The van der Waals surface area contributed by atoms with E-state index in [0.717, 1.165) is 28.4 Å². The summed E-state index contributed by atoms with van der Waals surface area (Å²) in [5.41, 5.74) is 2.23. The highest BCUT2D eigenvalue weighted by Gasteiger charge is 2.25. The molecule has 136 valence electrons. The van der Waals surface area contributed by atoms with Gasteiger partial charge >= 0.3 is 0 Å². The first kappa shape index (κ1) is 17.0. The van der Waals surface area contributed by atoms with Gasteiger partial charge in [-0.05, 0) is 37.6 Å². The van der Waals surface area contributed by atoms with Crippen LogP contribution in [0.3, 0.4) is 0 Å². The van der Waals surface area contributed by atoms with Crippen LogP contribution in [0.1, 0.15) is 44.2 Å². The van der Waals surface area contributed by atoms with Crippen LogP contribution in [0.2, 0.25) is 0 Å². The lowest BCUT2D eigenvalue weighted by molar-refractivity contribution is 0.0750. The van der Waals surface area contributed by atoms with Crippen molar-refractivity contribution in [3.63, 3.8) is 0 Å². The molecule has 1 aliphatic heterocycles. The molecule has 0 radical (unpaired) electrons. The molecule has 26 heavy (non-hydrogen) atoms. The molecule has 8 heteroatoms. The fourth-order valence-electron chi connectivity index (χ4n) is 3.30. The van der Waals surface area contributed by atoms with Crippen molar-refractivity contribution in [2.24, 2.45) is 7.05 Å². The molecule has 0 unspecified atom stereocenters. The predicted octanol–water partition coefficient (Wildman–Crippen LogP) is 2.11. The molecule has 4 rings (SSSR count). The maximum atomic E-state index is 12.8. The molecule has 0 aromatic carbocycles. The van der Waals surface area contributed by atoms with E-state index in [4.69, 9.17) is 0 Å². The number of fused-ring (bicyclic) bond motifs is 1. The van der Waals surface area contributed by atoms with Crippen LogP contribution in [0.4, 0.5) is 0 Å². The van der Waals surface area contributed by atoms with Gasteiger partial charge in [0.1, 0.15) is 6.10 Å². The molecular weight excluding hydrogens is 350 g/mol. The van der Waals surface area contributed by atoms with Gasteiger partial charge in [-0.1, -0.05) is 0 Å². The third-order valence-corrected chi connectivity index (χ3v) is 5.68. The van der Waals surface area contributed by atoms with Gasteiger partial charge < -0.3 is 10.0 Å². The van der Waals surface area contributed by atoms with Crippen LogP contribution in [0.15, 0.2) is 30.5 Å². The highest BCUT2D eigenvalue weighted by Crippen LogP contribution is 2.24. The minimum absolute atomic E-state index is 0.0616. The Morgan fingerprint density at radius 2 is 2.15 bits per heavy atom. The van der Waals surface area contributed by atoms with Gasteiger partial charge in [-0.2, -0.15) is 10.2 Å². The first-order chi connectivity index (χ1) is 12.5. The molecule has 0 spiro atoms. The molecule has 1 amide bonds. The zero-order valence-corrected chi connectivity index (χ0v) is 15.6. The number of hydrogen-bond acceptors (Lipinski definition) is 5. The van der Waals surface area contributed by atoms with Gasteiger partial charge in [0.15, 0.2) is 0 Å². The molecule has 4 heterocycles. The van der Waals surface area contributed by atoms with Gasteiger partial charge in [0.2, 0.25) is 0 Å². The van der Waals surface area contributed by atoms with Crippen molar-refractivity contribution in [3.8, 4) is 0 Å². The molecule has 3 aromatic heterocycles. The van der Waals surface area contributed by atoms with Gasteiger partial charge in [0, 0.05) is 31.2 Å². The summed E-state index contributed by atoms with van der Waals surface area (Å²) in [4.78, 5) is 16.6. The minimum atomic E-state index is -0.828. The SMILES string of the molecule is Cc1ccc(C(=O)N2CCCn3nc([C@H](O)c4ccnn4C)cc3C2)s1. The van der Waals surface area contributed by atoms with Crippen LogP contribution in [0.5, 0.6) is 0 Å². The summed E-state index contributed by atoms with van der Waals surface area (Å²) in [7, 11) is 1.79. The Morgan fingerprint density at radius 3 is 2.85 bits per heavy atom. The molecule has 1 aliphatic rings. The standard InChI is InChI=1S/C18H21N5O2S/c1-12-4-5-16(26-12)18(25)22-8-3-9-23-13(11-22)10-14(20-23)17(24)15-6-7-19-21(15)2/h4-7,10,17,24H,3,8-9,11H2,1-2H3/t17-/m0/s1. The number of carbonyl (C=O) groups excluding carboxylic acids is 1. The van der Waals surface area contributed by atoms with Gasteiger partial charge in [-0.15, -0.1) is 11.3 Å². The quantitative estimate of drug-likeness (QED) is 0.765. The lowest BCUT2D eigenvalue weighted by Crippen LogP contribution is -2.30. The number of aryl methyl sites for hydroxylation is 3. The number of amides is 1. The number of thiophene rings is 1. The van der Waals surface area contributed by atoms with Crippen molar-refractivity contribution in [2.75, 3.05) is 6.54 Å². The van der Waals surface area contributed by atoms with Gasteiger partial charge in [-0.25, -0.2) is 0 Å². The summed E-state index contributed by atoms with van der Waals surface area (Å²) in [6.45, 7) is 3.95. The van der Waals surface area contributed by atoms with Gasteiger partial charge in [-0.3, -0.25) is 14.2 Å². The Morgan fingerprint density at radius 1 is 1.31 bits per heavy atom. The number of rotatable bonds is 3. The van der Waals surface area contributed by atoms with Gasteiger partial charge in [0.25, 0.3) is 5.91 Å². The second-order valence-electron chi connectivity index (χ2n) is 6.56. The highest BCUT2D eigenvalue weighted by atomic mass is 32.1. The maximum Gasteiger partial charge on any atom is 0.264 e. The number of aliphatic hydroxyl groups is 1. The Kier molecular flexibility index (Phi) is 4.37. The summed E-state index contributed by atoms with van der Waals surface area (Å²) >= 11 is 1.52. The third kappa shape index (κ3) is 3.06. The van der Waals surface area contributed by atoms with Crippen LogP contribution in [0, 0.1) is 6.92 Å². The Balaban J connectivity index is 1.58. The molecular formula is C18H21N5O2S. The number of hydrogen-bond donors (Lipinski definition) is 1. The fourth-order valence-corrected chi connectivity index (χ4v) is 4.14. The molecule has 0 bridgehead atoms.